The highest BCUT2D eigenvalue weighted by Crippen LogP contribution is 2.31. The molecule has 0 aliphatic carbocycles. The zero-order valence-electron chi connectivity index (χ0n) is 7.64. The largest absolute Gasteiger partial charge is 0.301 e. The Bertz CT molecular complexity index is 581. The standard InChI is InChI=1S/C8H4ClN3O2S2/c9-6-4(3-13)15-8(12-6)16-7-10-2-1-5(14)11-7/h1-3H,(H,10,11,14). The predicted octanol–water partition coefficient (Wildman–Crippen LogP) is 1.84. The summed E-state index contributed by atoms with van der Waals surface area (Å²) in [7, 11) is 0. The van der Waals surface area contributed by atoms with E-state index < -0.39 is 0 Å². The van der Waals surface area contributed by atoms with E-state index in [-0.39, 0.29) is 10.7 Å². The summed E-state index contributed by atoms with van der Waals surface area (Å²) in [5.41, 5.74) is -0.240. The van der Waals surface area contributed by atoms with E-state index >= 15 is 0 Å². The van der Waals surface area contributed by atoms with Crippen LogP contribution < -0.4 is 5.56 Å². The van der Waals surface area contributed by atoms with Crippen molar-refractivity contribution in [1.29, 1.82) is 0 Å². The minimum Gasteiger partial charge on any atom is -0.301 e. The zero-order chi connectivity index (χ0) is 11.5. The SMILES string of the molecule is O=Cc1sc(Sc2nccc(=O)[nH]2)nc1Cl. The minimum atomic E-state index is -0.240. The van der Waals surface area contributed by atoms with Crippen molar-refractivity contribution in [1.82, 2.24) is 15.0 Å². The molecule has 0 fully saturated rings. The molecule has 0 bridgehead atoms. The number of carbonyl (C=O) groups excluding carboxylic acids is 1. The van der Waals surface area contributed by atoms with Crippen molar-refractivity contribution in [2.24, 2.45) is 0 Å². The Morgan fingerprint density at radius 1 is 1.56 bits per heavy atom. The molecule has 0 atom stereocenters. The van der Waals surface area contributed by atoms with Crippen LogP contribution in [0.4, 0.5) is 0 Å². The molecule has 0 aromatic carbocycles. The maximum atomic E-state index is 11.0. The van der Waals surface area contributed by atoms with Gasteiger partial charge < -0.3 is 4.98 Å². The molecule has 5 nitrogen and oxygen atoms in total. The molecule has 0 aliphatic heterocycles. The predicted molar refractivity (Wildman–Crippen MR) is 61.5 cm³/mol. The van der Waals surface area contributed by atoms with Crippen molar-refractivity contribution < 1.29 is 4.79 Å². The molecule has 0 radical (unpaired) electrons. The second kappa shape index (κ2) is 4.77. The summed E-state index contributed by atoms with van der Waals surface area (Å²) in [4.78, 5) is 32.4. The van der Waals surface area contributed by atoms with Gasteiger partial charge in [-0.25, -0.2) is 9.97 Å². The number of carbonyl (C=O) groups is 1. The third-order valence-electron chi connectivity index (χ3n) is 1.53. The minimum absolute atomic E-state index is 0.167. The van der Waals surface area contributed by atoms with Crippen molar-refractivity contribution in [2.75, 3.05) is 0 Å². The number of aldehydes is 1. The highest BCUT2D eigenvalue weighted by Gasteiger charge is 2.10. The van der Waals surface area contributed by atoms with Gasteiger partial charge in [0.2, 0.25) is 0 Å². The van der Waals surface area contributed by atoms with Gasteiger partial charge in [-0.3, -0.25) is 9.59 Å². The lowest BCUT2D eigenvalue weighted by Gasteiger charge is -1.93. The monoisotopic (exact) mass is 273 g/mol. The van der Waals surface area contributed by atoms with Crippen LogP contribution in [0, 0.1) is 0 Å². The Balaban J connectivity index is 2.27. The van der Waals surface area contributed by atoms with Crippen molar-refractivity contribution in [2.45, 2.75) is 9.50 Å². The lowest BCUT2D eigenvalue weighted by Crippen LogP contribution is -2.04. The number of hydrogen-bond donors (Lipinski definition) is 1. The molecule has 2 aromatic rings. The Labute approximate surface area is 103 Å². The first-order chi connectivity index (χ1) is 7.69. The maximum absolute atomic E-state index is 11.0. The topological polar surface area (TPSA) is 75.7 Å². The van der Waals surface area contributed by atoms with E-state index in [0.29, 0.717) is 20.7 Å². The van der Waals surface area contributed by atoms with Gasteiger partial charge in [0.25, 0.3) is 5.56 Å². The van der Waals surface area contributed by atoms with Crippen LogP contribution in [-0.2, 0) is 0 Å². The number of aromatic amines is 1. The molecule has 82 valence electrons. The summed E-state index contributed by atoms with van der Waals surface area (Å²) in [5, 5.41) is 0.580. The third-order valence-corrected chi connectivity index (χ3v) is 3.87. The quantitative estimate of drug-likeness (QED) is 0.682. The summed E-state index contributed by atoms with van der Waals surface area (Å²) in [6.07, 6.45) is 2.04. The summed E-state index contributed by atoms with van der Waals surface area (Å²) in [6, 6.07) is 1.32. The number of H-pyrrole nitrogens is 1. The Morgan fingerprint density at radius 2 is 2.38 bits per heavy atom. The number of thiazole rings is 1. The van der Waals surface area contributed by atoms with Crippen molar-refractivity contribution in [3.8, 4) is 0 Å². The Morgan fingerprint density at radius 3 is 3.00 bits per heavy atom. The molecule has 8 heteroatoms. The maximum Gasteiger partial charge on any atom is 0.251 e. The number of aromatic nitrogens is 3. The van der Waals surface area contributed by atoms with Gasteiger partial charge in [-0.2, -0.15) is 0 Å². The van der Waals surface area contributed by atoms with Gasteiger partial charge in [0.05, 0.1) is 0 Å². The number of hydrogen-bond acceptors (Lipinski definition) is 6. The van der Waals surface area contributed by atoms with Crippen LogP contribution >= 0.6 is 34.7 Å². The number of nitrogens with zero attached hydrogens (tertiary/aromatic N) is 2. The van der Waals surface area contributed by atoms with Crippen molar-refractivity contribution in [3.63, 3.8) is 0 Å². The first-order valence-corrected chi connectivity index (χ1v) is 6.05. The summed E-state index contributed by atoms with van der Waals surface area (Å²) in [5.74, 6) is 0. The molecule has 0 aliphatic rings. The second-order valence-corrected chi connectivity index (χ2v) is 5.22. The molecule has 16 heavy (non-hydrogen) atoms. The normalized spacial score (nSPS) is 10.3. The van der Waals surface area contributed by atoms with Crippen LogP contribution in [-0.4, -0.2) is 21.2 Å². The van der Waals surface area contributed by atoms with E-state index in [1.807, 2.05) is 0 Å². The zero-order valence-corrected chi connectivity index (χ0v) is 10.0. The molecule has 2 heterocycles. The second-order valence-electron chi connectivity index (χ2n) is 2.59. The van der Waals surface area contributed by atoms with Crippen LogP contribution in [0.15, 0.2) is 26.6 Å². The van der Waals surface area contributed by atoms with Gasteiger partial charge in [-0.05, 0) is 11.8 Å². The van der Waals surface area contributed by atoms with Gasteiger partial charge >= 0.3 is 0 Å². The van der Waals surface area contributed by atoms with E-state index in [1.165, 1.54) is 12.3 Å². The van der Waals surface area contributed by atoms with E-state index in [0.717, 1.165) is 23.1 Å². The molecule has 1 N–H and O–H groups in total. The third kappa shape index (κ3) is 2.49. The lowest BCUT2D eigenvalue weighted by molar-refractivity contribution is 0.112. The highest BCUT2D eigenvalue weighted by molar-refractivity contribution is 8.00. The van der Waals surface area contributed by atoms with E-state index in [4.69, 9.17) is 11.6 Å². The van der Waals surface area contributed by atoms with Crippen LogP contribution in [0.1, 0.15) is 9.67 Å². The van der Waals surface area contributed by atoms with Crippen LogP contribution in [0.3, 0.4) is 0 Å². The van der Waals surface area contributed by atoms with Crippen LogP contribution in [0.25, 0.3) is 0 Å². The number of nitrogens with one attached hydrogen (secondary N) is 1. The van der Waals surface area contributed by atoms with E-state index in [9.17, 15) is 9.59 Å². The fourth-order valence-corrected chi connectivity index (χ4v) is 2.99. The van der Waals surface area contributed by atoms with Crippen molar-refractivity contribution >= 4 is 41.0 Å². The van der Waals surface area contributed by atoms with Gasteiger partial charge in [0.1, 0.15) is 4.88 Å². The highest BCUT2D eigenvalue weighted by atomic mass is 35.5. The Kier molecular flexibility index (Phi) is 3.37. The molecule has 0 saturated carbocycles. The molecule has 0 unspecified atom stereocenters. The van der Waals surface area contributed by atoms with Gasteiger partial charge in [0.15, 0.2) is 20.9 Å². The molecule has 0 spiro atoms. The summed E-state index contributed by atoms with van der Waals surface area (Å²) in [6.45, 7) is 0. The average Bonchev–Trinajstić information content (AvgIpc) is 2.58. The lowest BCUT2D eigenvalue weighted by atomic mass is 10.6. The summed E-state index contributed by atoms with van der Waals surface area (Å²) >= 11 is 8.00. The fourth-order valence-electron chi connectivity index (χ4n) is 0.897. The van der Waals surface area contributed by atoms with Crippen LogP contribution in [0.5, 0.6) is 0 Å². The Hall–Kier alpha value is -1.18. The molecule has 2 aromatic heterocycles. The fraction of sp³-hybridized carbons (Fsp3) is 0. The van der Waals surface area contributed by atoms with Crippen LogP contribution in [0.2, 0.25) is 5.15 Å². The molecule has 2 rings (SSSR count). The first kappa shape index (κ1) is 11.3. The molecule has 0 saturated heterocycles. The average molecular weight is 274 g/mol. The van der Waals surface area contributed by atoms with E-state index in [1.54, 1.807) is 0 Å². The number of halogens is 1. The first-order valence-electron chi connectivity index (χ1n) is 4.04. The smallest absolute Gasteiger partial charge is 0.251 e. The number of rotatable bonds is 3. The van der Waals surface area contributed by atoms with Gasteiger partial charge in [0, 0.05) is 12.3 Å². The van der Waals surface area contributed by atoms with Gasteiger partial charge in [-0.1, -0.05) is 11.6 Å². The summed E-state index contributed by atoms with van der Waals surface area (Å²) < 4.78 is 0.557. The van der Waals surface area contributed by atoms with E-state index in [2.05, 4.69) is 15.0 Å². The molecule has 0 amide bonds. The molecular formula is C8H4ClN3O2S2. The molecular weight excluding hydrogens is 270 g/mol. The van der Waals surface area contributed by atoms with Gasteiger partial charge in [-0.15, -0.1) is 11.3 Å². The van der Waals surface area contributed by atoms with Crippen molar-refractivity contribution in [3.05, 3.63) is 32.6 Å².